The molecule has 2 aromatic rings. The van der Waals surface area contributed by atoms with Crippen LogP contribution in [0.2, 0.25) is 5.02 Å². The fourth-order valence-electron chi connectivity index (χ4n) is 4.21. The summed E-state index contributed by atoms with van der Waals surface area (Å²) < 4.78 is 5.74. The van der Waals surface area contributed by atoms with Crippen LogP contribution >= 0.6 is 11.6 Å². The number of ether oxygens (including phenoxy) is 1. The number of nitrogens with zero attached hydrogens (tertiary/aromatic N) is 2. The van der Waals surface area contributed by atoms with Crippen molar-refractivity contribution >= 4 is 29.0 Å². The number of halogens is 1. The van der Waals surface area contributed by atoms with Crippen LogP contribution in [-0.4, -0.2) is 55.4 Å². The number of amides is 1. The lowest BCUT2D eigenvalue weighted by Crippen LogP contribution is -2.37. The third-order valence-corrected chi connectivity index (χ3v) is 6.82. The average molecular weight is 484 g/mol. The quantitative estimate of drug-likeness (QED) is 0.420. The maximum absolute atomic E-state index is 11.3. The number of likely N-dealkylation sites (tertiary alicyclic amines) is 1. The Kier molecular flexibility index (Phi) is 8.46. The molecule has 7 heteroatoms. The predicted octanol–water partition coefficient (Wildman–Crippen LogP) is 4.47. The lowest BCUT2D eigenvalue weighted by Gasteiger charge is -2.30. The van der Waals surface area contributed by atoms with Crippen LogP contribution in [0, 0.1) is 0 Å². The van der Waals surface area contributed by atoms with Crippen LogP contribution in [0.3, 0.4) is 0 Å². The molecule has 3 fully saturated rings. The molecule has 1 aliphatic carbocycles. The van der Waals surface area contributed by atoms with Gasteiger partial charge in [-0.1, -0.05) is 17.7 Å². The first-order valence-electron chi connectivity index (χ1n) is 12.4. The van der Waals surface area contributed by atoms with Gasteiger partial charge in [0.1, 0.15) is 5.75 Å². The minimum atomic E-state index is -0.908. The van der Waals surface area contributed by atoms with Crippen molar-refractivity contribution in [2.24, 2.45) is 5.73 Å². The summed E-state index contributed by atoms with van der Waals surface area (Å²) in [6.45, 7) is 5.91. The number of hydrogen-bond donors (Lipinski definition) is 1. The molecule has 2 N–H and O–H groups in total. The molecule has 2 aliphatic heterocycles. The molecule has 5 rings (SSSR count). The van der Waals surface area contributed by atoms with Gasteiger partial charge < -0.3 is 20.3 Å². The van der Waals surface area contributed by atoms with E-state index >= 15 is 0 Å². The number of benzene rings is 2. The SMILES string of the molecule is Clc1cc(CCCN2CCC2)ccc1OC1CC1.NC(=O)C(=O)c1ccc(N2CCCC2)cc1. The number of primary amides is 1. The summed E-state index contributed by atoms with van der Waals surface area (Å²) in [5.41, 5.74) is 7.70. The fourth-order valence-corrected chi connectivity index (χ4v) is 4.46. The van der Waals surface area contributed by atoms with Crippen molar-refractivity contribution < 1.29 is 14.3 Å². The molecular formula is C27H34ClN3O3. The summed E-state index contributed by atoms with van der Waals surface area (Å²) >= 11 is 6.25. The van der Waals surface area contributed by atoms with Gasteiger partial charge in [0, 0.05) is 24.3 Å². The molecule has 0 spiro atoms. The van der Waals surface area contributed by atoms with E-state index in [4.69, 9.17) is 22.1 Å². The van der Waals surface area contributed by atoms with Crippen LogP contribution < -0.4 is 15.4 Å². The van der Waals surface area contributed by atoms with Gasteiger partial charge in [0.05, 0.1) is 11.1 Å². The van der Waals surface area contributed by atoms with E-state index in [0.29, 0.717) is 11.7 Å². The molecule has 0 unspecified atom stereocenters. The number of nitrogens with two attached hydrogens (primary N) is 1. The molecule has 0 atom stereocenters. The van der Waals surface area contributed by atoms with Crippen molar-refractivity contribution in [2.45, 2.75) is 51.0 Å². The third kappa shape index (κ3) is 6.97. The van der Waals surface area contributed by atoms with Gasteiger partial charge in [-0.05, 0) is 107 Å². The Labute approximate surface area is 207 Å². The normalized spacial score (nSPS) is 17.5. The zero-order valence-electron chi connectivity index (χ0n) is 19.7. The smallest absolute Gasteiger partial charge is 0.289 e. The van der Waals surface area contributed by atoms with E-state index in [-0.39, 0.29) is 0 Å². The molecule has 2 aromatic carbocycles. The van der Waals surface area contributed by atoms with E-state index in [1.165, 1.54) is 63.7 Å². The molecule has 1 amide bonds. The summed E-state index contributed by atoms with van der Waals surface area (Å²) in [5, 5.41) is 0.767. The van der Waals surface area contributed by atoms with Gasteiger partial charge in [-0.25, -0.2) is 0 Å². The molecule has 0 bridgehead atoms. The molecule has 1 saturated carbocycles. The minimum absolute atomic E-state index is 0.357. The summed E-state index contributed by atoms with van der Waals surface area (Å²) in [7, 11) is 0. The Morgan fingerprint density at radius 2 is 1.68 bits per heavy atom. The first-order chi connectivity index (χ1) is 16.5. The van der Waals surface area contributed by atoms with E-state index < -0.39 is 11.7 Å². The highest BCUT2D eigenvalue weighted by Gasteiger charge is 2.24. The van der Waals surface area contributed by atoms with Crippen LogP contribution in [0.25, 0.3) is 0 Å². The number of carbonyl (C=O) groups excluding carboxylic acids is 2. The Morgan fingerprint density at radius 1 is 0.971 bits per heavy atom. The van der Waals surface area contributed by atoms with Crippen molar-refractivity contribution in [2.75, 3.05) is 37.6 Å². The van der Waals surface area contributed by atoms with Crippen LogP contribution in [0.4, 0.5) is 5.69 Å². The van der Waals surface area contributed by atoms with E-state index in [2.05, 4.69) is 21.9 Å². The molecule has 3 aliphatic rings. The Hall–Kier alpha value is -2.57. The van der Waals surface area contributed by atoms with Gasteiger partial charge in [-0.15, -0.1) is 0 Å². The van der Waals surface area contributed by atoms with Gasteiger partial charge >= 0.3 is 0 Å². The third-order valence-electron chi connectivity index (χ3n) is 6.53. The van der Waals surface area contributed by atoms with E-state index in [1.807, 2.05) is 18.2 Å². The second-order valence-corrected chi connectivity index (χ2v) is 9.72. The van der Waals surface area contributed by atoms with Crippen molar-refractivity contribution in [3.8, 4) is 5.75 Å². The molecule has 34 heavy (non-hydrogen) atoms. The number of carbonyl (C=O) groups is 2. The van der Waals surface area contributed by atoms with Crippen molar-refractivity contribution in [1.82, 2.24) is 4.90 Å². The first-order valence-corrected chi connectivity index (χ1v) is 12.7. The molecule has 0 radical (unpaired) electrons. The topological polar surface area (TPSA) is 75.9 Å². The molecule has 0 aromatic heterocycles. The van der Waals surface area contributed by atoms with E-state index in [1.54, 1.807) is 12.1 Å². The number of rotatable bonds is 9. The highest BCUT2D eigenvalue weighted by atomic mass is 35.5. The molecular weight excluding hydrogens is 450 g/mol. The number of anilines is 1. The average Bonchev–Trinajstić information content (AvgIpc) is 3.46. The Balaban J connectivity index is 0.000000162. The van der Waals surface area contributed by atoms with E-state index in [0.717, 1.165) is 36.0 Å². The van der Waals surface area contributed by atoms with Gasteiger partial charge in [0.15, 0.2) is 0 Å². The van der Waals surface area contributed by atoms with Crippen LogP contribution in [0.5, 0.6) is 5.75 Å². The van der Waals surface area contributed by atoms with Crippen molar-refractivity contribution in [1.29, 1.82) is 0 Å². The second-order valence-electron chi connectivity index (χ2n) is 9.32. The van der Waals surface area contributed by atoms with Crippen LogP contribution in [0.1, 0.15) is 54.4 Å². The van der Waals surface area contributed by atoms with Gasteiger partial charge in [0.2, 0.25) is 5.78 Å². The largest absolute Gasteiger partial charge is 0.489 e. The number of ketones is 1. The second kappa shape index (κ2) is 11.7. The lowest BCUT2D eigenvalue weighted by atomic mass is 10.1. The summed E-state index contributed by atoms with van der Waals surface area (Å²) in [4.78, 5) is 26.8. The van der Waals surface area contributed by atoms with Crippen LogP contribution in [0.15, 0.2) is 42.5 Å². The molecule has 182 valence electrons. The highest BCUT2D eigenvalue weighted by Crippen LogP contribution is 2.32. The maximum Gasteiger partial charge on any atom is 0.289 e. The fraction of sp³-hybridized carbons (Fsp3) is 0.481. The number of hydrogen-bond acceptors (Lipinski definition) is 5. The molecule has 2 saturated heterocycles. The predicted molar refractivity (Wildman–Crippen MR) is 136 cm³/mol. The lowest BCUT2D eigenvalue weighted by molar-refractivity contribution is -0.114. The Bertz CT molecular complexity index is 981. The summed E-state index contributed by atoms with van der Waals surface area (Å²) in [6.07, 6.45) is 8.89. The minimum Gasteiger partial charge on any atom is -0.489 e. The molecule has 2 heterocycles. The van der Waals surface area contributed by atoms with Gasteiger partial charge in [0.25, 0.3) is 5.91 Å². The zero-order chi connectivity index (χ0) is 23.9. The first kappa shape index (κ1) is 24.6. The highest BCUT2D eigenvalue weighted by molar-refractivity contribution is 6.42. The number of aryl methyl sites for hydroxylation is 1. The summed E-state index contributed by atoms with van der Waals surface area (Å²) in [5.74, 6) is -0.687. The molecule has 6 nitrogen and oxygen atoms in total. The van der Waals surface area contributed by atoms with Crippen molar-refractivity contribution in [3.05, 3.63) is 58.6 Å². The standard InChI is InChI=1S/C15H20ClNO.C12H14N2O2/c16-14-11-12(3-1-8-17-9-2-10-17)4-7-15(14)18-13-5-6-13;13-12(16)11(15)9-3-5-10(6-4-9)14-7-1-2-8-14/h4,7,11,13H,1-3,5-6,8-10H2;3-6H,1-2,7-8H2,(H2,13,16). The van der Waals surface area contributed by atoms with Crippen LogP contribution in [-0.2, 0) is 11.2 Å². The summed E-state index contributed by atoms with van der Waals surface area (Å²) in [6, 6.07) is 13.3. The van der Waals surface area contributed by atoms with E-state index in [9.17, 15) is 9.59 Å². The number of Topliss-reactive ketones (excluding diaryl/α,β-unsaturated/α-hetero) is 1. The monoisotopic (exact) mass is 483 g/mol. The maximum atomic E-state index is 11.3. The zero-order valence-corrected chi connectivity index (χ0v) is 20.4. The van der Waals surface area contributed by atoms with Gasteiger partial charge in [-0.3, -0.25) is 9.59 Å². The van der Waals surface area contributed by atoms with Gasteiger partial charge in [-0.2, -0.15) is 0 Å². The van der Waals surface area contributed by atoms with Crippen molar-refractivity contribution in [3.63, 3.8) is 0 Å². The Morgan fingerprint density at radius 3 is 2.24 bits per heavy atom.